The first-order valence-corrected chi connectivity index (χ1v) is 6.46. The van der Waals surface area contributed by atoms with E-state index in [-0.39, 0.29) is 5.82 Å². The van der Waals surface area contributed by atoms with Crippen LogP contribution in [0.4, 0.5) is 4.39 Å². The van der Waals surface area contributed by atoms with E-state index >= 15 is 0 Å². The maximum atomic E-state index is 13.8. The molecule has 0 bridgehead atoms. The van der Waals surface area contributed by atoms with Gasteiger partial charge >= 0.3 is 0 Å². The van der Waals surface area contributed by atoms with Crippen molar-refractivity contribution in [1.82, 2.24) is 4.90 Å². The number of benzene rings is 1. The maximum absolute atomic E-state index is 13.8. The molecule has 104 valence electrons. The number of hydrogen-bond acceptors (Lipinski definition) is 3. The smallest absolute Gasteiger partial charge is 0.129 e. The van der Waals surface area contributed by atoms with Crippen molar-refractivity contribution < 1.29 is 9.13 Å². The Kier molecular flexibility index (Phi) is 6.48. The molecule has 0 amide bonds. The van der Waals surface area contributed by atoms with Gasteiger partial charge in [0.05, 0.1) is 18.2 Å². The molecule has 0 aliphatic heterocycles. The van der Waals surface area contributed by atoms with Crippen LogP contribution in [-0.4, -0.2) is 31.7 Å². The van der Waals surface area contributed by atoms with Crippen LogP contribution in [0, 0.1) is 23.1 Å². The van der Waals surface area contributed by atoms with Crippen molar-refractivity contribution in [3.8, 4) is 6.07 Å². The van der Waals surface area contributed by atoms with Crippen LogP contribution in [0.1, 0.15) is 25.0 Å². The molecule has 19 heavy (non-hydrogen) atoms. The average Bonchev–Trinajstić information content (AvgIpc) is 2.37. The van der Waals surface area contributed by atoms with E-state index in [1.165, 1.54) is 6.07 Å². The van der Waals surface area contributed by atoms with E-state index in [9.17, 15) is 4.39 Å². The van der Waals surface area contributed by atoms with Crippen molar-refractivity contribution in [2.24, 2.45) is 5.92 Å². The molecule has 0 aliphatic rings. The monoisotopic (exact) mass is 264 g/mol. The number of rotatable bonds is 7. The van der Waals surface area contributed by atoms with Gasteiger partial charge in [-0.05, 0) is 18.1 Å². The molecule has 0 atom stereocenters. The van der Waals surface area contributed by atoms with E-state index in [0.29, 0.717) is 30.2 Å². The lowest BCUT2D eigenvalue weighted by molar-refractivity contribution is 0.135. The molecule has 0 spiro atoms. The van der Waals surface area contributed by atoms with Gasteiger partial charge in [-0.15, -0.1) is 0 Å². The van der Waals surface area contributed by atoms with Gasteiger partial charge in [-0.3, -0.25) is 4.90 Å². The van der Waals surface area contributed by atoms with Crippen LogP contribution in [0.2, 0.25) is 0 Å². The van der Waals surface area contributed by atoms with Crippen LogP contribution in [0.3, 0.4) is 0 Å². The summed E-state index contributed by atoms with van der Waals surface area (Å²) in [5, 5.41) is 8.73. The summed E-state index contributed by atoms with van der Waals surface area (Å²) in [7, 11) is 1.66. The van der Waals surface area contributed by atoms with E-state index in [0.717, 1.165) is 13.1 Å². The Morgan fingerprint density at radius 1 is 1.42 bits per heavy atom. The Balaban J connectivity index is 2.75. The summed E-state index contributed by atoms with van der Waals surface area (Å²) >= 11 is 0. The molecule has 0 unspecified atom stereocenters. The fraction of sp³-hybridized carbons (Fsp3) is 0.533. The van der Waals surface area contributed by atoms with Crippen LogP contribution in [0.15, 0.2) is 18.2 Å². The van der Waals surface area contributed by atoms with Gasteiger partial charge in [0, 0.05) is 32.3 Å². The zero-order chi connectivity index (χ0) is 14.3. The molecule has 0 saturated heterocycles. The second-order valence-electron chi connectivity index (χ2n) is 5.04. The molecule has 0 radical (unpaired) electrons. The van der Waals surface area contributed by atoms with Crippen LogP contribution >= 0.6 is 0 Å². The van der Waals surface area contributed by atoms with Gasteiger partial charge < -0.3 is 4.74 Å². The van der Waals surface area contributed by atoms with Crippen molar-refractivity contribution in [3.05, 3.63) is 35.1 Å². The number of hydrogen-bond donors (Lipinski definition) is 0. The molecule has 0 fully saturated rings. The van der Waals surface area contributed by atoms with Gasteiger partial charge in [-0.2, -0.15) is 5.26 Å². The highest BCUT2D eigenvalue weighted by molar-refractivity contribution is 5.32. The molecule has 4 heteroatoms. The largest absolute Gasteiger partial charge is 0.383 e. The predicted octanol–water partition coefficient (Wildman–Crippen LogP) is 2.80. The van der Waals surface area contributed by atoms with Crippen molar-refractivity contribution in [1.29, 1.82) is 5.26 Å². The molecule has 0 N–H and O–H groups in total. The fourth-order valence-corrected chi connectivity index (χ4v) is 1.96. The SMILES string of the molecule is COCCN(Cc1ccc(C#N)cc1F)CC(C)C. The Morgan fingerprint density at radius 2 is 2.16 bits per heavy atom. The summed E-state index contributed by atoms with van der Waals surface area (Å²) in [5.41, 5.74) is 0.976. The van der Waals surface area contributed by atoms with E-state index in [1.54, 1.807) is 19.2 Å². The summed E-state index contributed by atoms with van der Waals surface area (Å²) < 4.78 is 18.9. The highest BCUT2D eigenvalue weighted by atomic mass is 19.1. The zero-order valence-corrected chi connectivity index (χ0v) is 11.8. The van der Waals surface area contributed by atoms with E-state index in [2.05, 4.69) is 18.7 Å². The lowest BCUT2D eigenvalue weighted by atomic mass is 10.1. The molecule has 0 heterocycles. The molecule has 1 rings (SSSR count). The van der Waals surface area contributed by atoms with Gasteiger partial charge in [0.1, 0.15) is 5.82 Å². The van der Waals surface area contributed by atoms with Crippen LogP contribution in [0.5, 0.6) is 0 Å². The van der Waals surface area contributed by atoms with Gasteiger partial charge in [0.25, 0.3) is 0 Å². The summed E-state index contributed by atoms with van der Waals surface area (Å²) in [6.07, 6.45) is 0. The second-order valence-corrected chi connectivity index (χ2v) is 5.04. The van der Waals surface area contributed by atoms with Gasteiger partial charge in [-0.1, -0.05) is 19.9 Å². The predicted molar refractivity (Wildman–Crippen MR) is 73.1 cm³/mol. The summed E-state index contributed by atoms with van der Waals surface area (Å²) in [4.78, 5) is 2.17. The standard InChI is InChI=1S/C15H21FN2O/c1-12(2)10-18(6-7-19-3)11-14-5-4-13(9-17)8-15(14)16/h4-5,8,12H,6-7,10-11H2,1-3H3. The normalized spacial score (nSPS) is 11.0. The number of ether oxygens (including phenoxy) is 1. The molecule has 1 aromatic rings. The van der Waals surface area contributed by atoms with Crippen LogP contribution in [0.25, 0.3) is 0 Å². The van der Waals surface area contributed by atoms with E-state index in [4.69, 9.17) is 10.00 Å². The number of methoxy groups -OCH3 is 1. The lowest BCUT2D eigenvalue weighted by Crippen LogP contribution is -2.31. The first-order valence-electron chi connectivity index (χ1n) is 6.46. The third-order valence-corrected chi connectivity index (χ3v) is 2.81. The maximum Gasteiger partial charge on any atom is 0.129 e. The minimum atomic E-state index is -0.315. The molecule has 0 saturated carbocycles. The van der Waals surface area contributed by atoms with E-state index in [1.807, 2.05) is 6.07 Å². The molecule has 3 nitrogen and oxygen atoms in total. The summed E-state index contributed by atoms with van der Waals surface area (Å²) in [6.45, 7) is 7.10. The number of halogens is 1. The van der Waals surface area contributed by atoms with Crippen molar-refractivity contribution >= 4 is 0 Å². The molecule has 0 aromatic heterocycles. The number of nitriles is 1. The zero-order valence-electron chi connectivity index (χ0n) is 11.8. The quantitative estimate of drug-likeness (QED) is 0.759. The third-order valence-electron chi connectivity index (χ3n) is 2.81. The first-order chi connectivity index (χ1) is 9.06. The first kappa shape index (κ1) is 15.6. The highest BCUT2D eigenvalue weighted by Crippen LogP contribution is 2.13. The second kappa shape index (κ2) is 7.88. The van der Waals surface area contributed by atoms with Crippen molar-refractivity contribution in [3.63, 3.8) is 0 Å². The lowest BCUT2D eigenvalue weighted by Gasteiger charge is -2.24. The van der Waals surface area contributed by atoms with Crippen LogP contribution < -0.4 is 0 Å². The minimum Gasteiger partial charge on any atom is -0.383 e. The van der Waals surface area contributed by atoms with Gasteiger partial charge in [-0.25, -0.2) is 4.39 Å². The van der Waals surface area contributed by atoms with Gasteiger partial charge in [0.15, 0.2) is 0 Å². The number of nitrogens with zero attached hydrogens (tertiary/aromatic N) is 2. The molecule has 1 aromatic carbocycles. The van der Waals surface area contributed by atoms with Crippen LogP contribution in [-0.2, 0) is 11.3 Å². The Hall–Kier alpha value is -1.44. The van der Waals surface area contributed by atoms with Crippen molar-refractivity contribution in [2.75, 3.05) is 26.8 Å². The fourth-order valence-electron chi connectivity index (χ4n) is 1.96. The topological polar surface area (TPSA) is 36.3 Å². The Labute approximate surface area is 114 Å². The molecular formula is C15H21FN2O. The summed E-state index contributed by atoms with van der Waals surface area (Å²) in [6, 6.07) is 6.58. The average molecular weight is 264 g/mol. The minimum absolute atomic E-state index is 0.315. The Morgan fingerprint density at radius 3 is 2.68 bits per heavy atom. The van der Waals surface area contributed by atoms with Gasteiger partial charge in [0.2, 0.25) is 0 Å². The van der Waals surface area contributed by atoms with E-state index < -0.39 is 0 Å². The molecular weight excluding hydrogens is 243 g/mol. The third kappa shape index (κ3) is 5.37. The molecule has 0 aliphatic carbocycles. The highest BCUT2D eigenvalue weighted by Gasteiger charge is 2.11. The Bertz CT molecular complexity index is 440. The summed E-state index contributed by atoms with van der Waals surface area (Å²) in [5.74, 6) is 0.198. The van der Waals surface area contributed by atoms with Crippen molar-refractivity contribution in [2.45, 2.75) is 20.4 Å².